The van der Waals surface area contributed by atoms with Crippen LogP contribution in [-0.2, 0) is 13.1 Å². The Kier molecular flexibility index (Phi) is 5.40. The Labute approximate surface area is 145 Å². The van der Waals surface area contributed by atoms with Crippen LogP contribution in [0.5, 0.6) is 0 Å². The van der Waals surface area contributed by atoms with Gasteiger partial charge in [-0.3, -0.25) is 4.90 Å². The molecule has 0 saturated heterocycles. The third-order valence-corrected chi connectivity index (χ3v) is 4.04. The highest BCUT2D eigenvalue weighted by atomic mass is 19.1. The maximum atomic E-state index is 13.0. The number of benzene rings is 2. The Morgan fingerprint density at radius 3 is 2.52 bits per heavy atom. The number of halogens is 1. The standard InChI is InChI=1S/C19H20FN3O2/c1-2-22(13-12-15-6-4-3-5-7-15)14-23-19(24)25-18(21-23)16-8-10-17(20)11-9-16/h3-11H,2,12-14H2,1H3. The molecule has 130 valence electrons. The Morgan fingerprint density at radius 1 is 1.12 bits per heavy atom. The molecule has 5 nitrogen and oxygen atoms in total. The SMILES string of the molecule is CCN(CCc1ccccc1)Cn1nc(-c2ccc(F)cc2)oc1=O. The first-order valence-electron chi connectivity index (χ1n) is 8.26. The van der Waals surface area contributed by atoms with Gasteiger partial charge in [0.1, 0.15) is 12.5 Å². The molecule has 3 rings (SSSR count). The van der Waals surface area contributed by atoms with Crippen molar-refractivity contribution in [2.24, 2.45) is 0 Å². The van der Waals surface area contributed by atoms with E-state index in [0.717, 1.165) is 19.5 Å². The molecule has 6 heteroatoms. The van der Waals surface area contributed by atoms with Crippen LogP contribution in [0.15, 0.2) is 63.8 Å². The summed E-state index contributed by atoms with van der Waals surface area (Å²) in [5, 5.41) is 4.23. The average molecular weight is 341 g/mol. The van der Waals surface area contributed by atoms with Gasteiger partial charge in [-0.05, 0) is 42.8 Å². The van der Waals surface area contributed by atoms with Crippen LogP contribution < -0.4 is 5.76 Å². The van der Waals surface area contributed by atoms with E-state index in [2.05, 4.69) is 22.1 Å². The maximum absolute atomic E-state index is 13.0. The van der Waals surface area contributed by atoms with Crippen LogP contribution in [0.1, 0.15) is 12.5 Å². The topological polar surface area (TPSA) is 51.3 Å². The highest BCUT2D eigenvalue weighted by Gasteiger charge is 2.13. The van der Waals surface area contributed by atoms with Crippen molar-refractivity contribution in [3.63, 3.8) is 0 Å². The van der Waals surface area contributed by atoms with Crippen LogP contribution in [-0.4, -0.2) is 27.8 Å². The first-order chi connectivity index (χ1) is 12.2. The predicted molar refractivity (Wildman–Crippen MR) is 93.6 cm³/mol. The molecule has 0 aliphatic carbocycles. The Balaban J connectivity index is 1.68. The summed E-state index contributed by atoms with van der Waals surface area (Å²) < 4.78 is 19.5. The van der Waals surface area contributed by atoms with E-state index in [9.17, 15) is 9.18 Å². The van der Waals surface area contributed by atoms with E-state index in [-0.39, 0.29) is 11.7 Å². The largest absolute Gasteiger partial charge is 0.438 e. The molecule has 25 heavy (non-hydrogen) atoms. The number of aromatic nitrogens is 2. The maximum Gasteiger partial charge on any atom is 0.438 e. The summed E-state index contributed by atoms with van der Waals surface area (Å²) in [5.41, 5.74) is 1.82. The van der Waals surface area contributed by atoms with Gasteiger partial charge in [-0.2, -0.15) is 4.68 Å². The first-order valence-corrected chi connectivity index (χ1v) is 8.26. The fourth-order valence-electron chi connectivity index (χ4n) is 2.55. The van der Waals surface area contributed by atoms with Crippen molar-refractivity contribution < 1.29 is 8.81 Å². The molecule has 0 radical (unpaired) electrons. The Bertz CT molecular complexity index is 856. The molecule has 0 bridgehead atoms. The molecule has 2 aromatic carbocycles. The minimum atomic E-state index is -0.516. The number of hydrogen-bond acceptors (Lipinski definition) is 4. The van der Waals surface area contributed by atoms with Gasteiger partial charge >= 0.3 is 5.76 Å². The van der Waals surface area contributed by atoms with Gasteiger partial charge in [-0.15, -0.1) is 5.10 Å². The molecule has 0 amide bonds. The van der Waals surface area contributed by atoms with Gasteiger partial charge < -0.3 is 4.42 Å². The van der Waals surface area contributed by atoms with Crippen molar-refractivity contribution in [3.05, 3.63) is 76.5 Å². The third-order valence-electron chi connectivity index (χ3n) is 4.04. The molecule has 0 spiro atoms. The lowest BCUT2D eigenvalue weighted by Crippen LogP contribution is -2.32. The number of nitrogens with zero attached hydrogens (tertiary/aromatic N) is 3. The number of likely N-dealkylation sites (N-methyl/N-ethyl adjacent to an activating group) is 1. The highest BCUT2D eigenvalue weighted by Crippen LogP contribution is 2.15. The van der Waals surface area contributed by atoms with E-state index in [1.165, 1.54) is 34.5 Å². The molecule has 0 fully saturated rings. The van der Waals surface area contributed by atoms with E-state index in [4.69, 9.17) is 4.42 Å². The molecule has 1 aromatic heterocycles. The van der Waals surface area contributed by atoms with E-state index < -0.39 is 5.76 Å². The van der Waals surface area contributed by atoms with Crippen molar-refractivity contribution >= 4 is 0 Å². The Hall–Kier alpha value is -2.73. The second-order valence-electron chi connectivity index (χ2n) is 5.77. The zero-order chi connectivity index (χ0) is 17.6. The highest BCUT2D eigenvalue weighted by molar-refractivity contribution is 5.51. The molecule has 1 heterocycles. The lowest BCUT2D eigenvalue weighted by molar-refractivity contribution is 0.212. The predicted octanol–water partition coefficient (Wildman–Crippen LogP) is 3.16. The molecule has 3 aromatic rings. The summed E-state index contributed by atoms with van der Waals surface area (Å²) >= 11 is 0. The fraction of sp³-hybridized carbons (Fsp3) is 0.263. The molecular weight excluding hydrogens is 321 g/mol. The average Bonchev–Trinajstić information content (AvgIpc) is 3.00. The molecule has 0 N–H and O–H groups in total. The lowest BCUT2D eigenvalue weighted by Gasteiger charge is -2.19. The van der Waals surface area contributed by atoms with Gasteiger partial charge in [0.05, 0.1) is 0 Å². The van der Waals surface area contributed by atoms with Crippen molar-refractivity contribution in [3.8, 4) is 11.5 Å². The van der Waals surface area contributed by atoms with Crippen LogP contribution in [0, 0.1) is 5.82 Å². The normalized spacial score (nSPS) is 11.2. The Morgan fingerprint density at radius 2 is 1.84 bits per heavy atom. The summed E-state index contributed by atoms with van der Waals surface area (Å²) in [6.07, 6.45) is 0.895. The van der Waals surface area contributed by atoms with Crippen LogP contribution in [0.4, 0.5) is 4.39 Å². The minimum Gasteiger partial charge on any atom is -0.388 e. The van der Waals surface area contributed by atoms with Gasteiger partial charge in [-0.1, -0.05) is 37.3 Å². The van der Waals surface area contributed by atoms with Gasteiger partial charge in [0, 0.05) is 12.1 Å². The van der Waals surface area contributed by atoms with Crippen molar-refractivity contribution in [1.82, 2.24) is 14.7 Å². The van der Waals surface area contributed by atoms with E-state index >= 15 is 0 Å². The summed E-state index contributed by atoms with van der Waals surface area (Å²) in [6.45, 7) is 3.99. The fourth-order valence-corrected chi connectivity index (χ4v) is 2.55. The van der Waals surface area contributed by atoms with Gasteiger partial charge in [-0.25, -0.2) is 9.18 Å². The van der Waals surface area contributed by atoms with E-state index in [1.54, 1.807) is 0 Å². The van der Waals surface area contributed by atoms with Crippen LogP contribution >= 0.6 is 0 Å². The van der Waals surface area contributed by atoms with Crippen molar-refractivity contribution in [2.75, 3.05) is 13.1 Å². The van der Waals surface area contributed by atoms with E-state index in [0.29, 0.717) is 12.2 Å². The molecule has 0 saturated carbocycles. The second kappa shape index (κ2) is 7.90. The van der Waals surface area contributed by atoms with Gasteiger partial charge in [0.2, 0.25) is 5.89 Å². The van der Waals surface area contributed by atoms with Crippen molar-refractivity contribution in [1.29, 1.82) is 0 Å². The molecular formula is C19H20FN3O2. The zero-order valence-electron chi connectivity index (χ0n) is 14.1. The summed E-state index contributed by atoms with van der Waals surface area (Å²) in [6, 6.07) is 15.9. The second-order valence-corrected chi connectivity index (χ2v) is 5.77. The van der Waals surface area contributed by atoms with Gasteiger partial charge in [0.15, 0.2) is 0 Å². The quantitative estimate of drug-likeness (QED) is 0.662. The molecule has 0 aliphatic heterocycles. The monoisotopic (exact) mass is 341 g/mol. The summed E-state index contributed by atoms with van der Waals surface area (Å²) in [5.74, 6) is -0.662. The van der Waals surface area contributed by atoms with Crippen LogP contribution in [0.25, 0.3) is 11.5 Å². The minimum absolute atomic E-state index is 0.198. The van der Waals surface area contributed by atoms with Crippen molar-refractivity contribution in [2.45, 2.75) is 20.0 Å². The third kappa shape index (κ3) is 4.42. The van der Waals surface area contributed by atoms with E-state index in [1.807, 2.05) is 25.1 Å². The molecule has 0 atom stereocenters. The number of rotatable bonds is 7. The first kappa shape index (κ1) is 17.1. The molecule has 0 unspecified atom stereocenters. The van der Waals surface area contributed by atoms with Crippen LogP contribution in [0.3, 0.4) is 0 Å². The zero-order valence-corrected chi connectivity index (χ0v) is 14.1. The van der Waals surface area contributed by atoms with Crippen LogP contribution in [0.2, 0.25) is 0 Å². The lowest BCUT2D eigenvalue weighted by atomic mass is 10.1. The molecule has 0 aliphatic rings. The summed E-state index contributed by atoms with van der Waals surface area (Å²) in [7, 11) is 0. The van der Waals surface area contributed by atoms with Gasteiger partial charge in [0.25, 0.3) is 0 Å². The number of hydrogen-bond donors (Lipinski definition) is 0. The summed E-state index contributed by atoms with van der Waals surface area (Å²) in [4.78, 5) is 14.2. The smallest absolute Gasteiger partial charge is 0.388 e.